The average Bonchev–Trinajstić information content (AvgIpc) is 2.48. The van der Waals surface area contributed by atoms with Crippen molar-refractivity contribution < 1.29 is 4.74 Å². The summed E-state index contributed by atoms with van der Waals surface area (Å²) in [5.74, 6) is 1.08. The fourth-order valence-electron chi connectivity index (χ4n) is 2.92. The van der Waals surface area contributed by atoms with Crippen LogP contribution in [-0.2, 0) is 6.42 Å². The van der Waals surface area contributed by atoms with Crippen LogP contribution in [0.25, 0.3) is 11.1 Å². The fraction of sp³-hybridized carbons (Fsp3) is 0.333. The molecule has 112 valence electrons. The van der Waals surface area contributed by atoms with Crippen molar-refractivity contribution in [1.29, 1.82) is 0 Å². The zero-order valence-corrected chi connectivity index (χ0v) is 13.4. The molecule has 0 aliphatic carbocycles. The molecule has 0 spiro atoms. The fourth-order valence-corrected chi connectivity index (χ4v) is 2.92. The predicted octanol–water partition coefficient (Wildman–Crippen LogP) is 4.00. The highest BCUT2D eigenvalue weighted by molar-refractivity contribution is 5.85. The first-order chi connectivity index (χ1) is 9.79. The molecule has 3 heteroatoms. The van der Waals surface area contributed by atoms with Crippen LogP contribution in [0, 0.1) is 6.92 Å². The van der Waals surface area contributed by atoms with Gasteiger partial charge in [0.25, 0.3) is 0 Å². The predicted molar refractivity (Wildman–Crippen MR) is 90.5 cm³/mol. The van der Waals surface area contributed by atoms with E-state index in [0.717, 1.165) is 25.1 Å². The van der Waals surface area contributed by atoms with Crippen LogP contribution in [0.5, 0.6) is 5.75 Å². The maximum atomic E-state index is 6.25. The van der Waals surface area contributed by atoms with Crippen molar-refractivity contribution in [2.45, 2.75) is 25.9 Å². The number of aryl methyl sites for hydroxylation is 2. The van der Waals surface area contributed by atoms with Gasteiger partial charge in [0.15, 0.2) is 0 Å². The van der Waals surface area contributed by atoms with E-state index in [1.165, 1.54) is 22.3 Å². The molecule has 0 fully saturated rings. The van der Waals surface area contributed by atoms with E-state index >= 15 is 0 Å². The number of likely N-dealkylation sites (N-methyl/N-ethyl adjacent to an activating group) is 1. The maximum Gasteiger partial charge on any atom is 0.130 e. The van der Waals surface area contributed by atoms with Crippen molar-refractivity contribution in [3.63, 3.8) is 0 Å². The largest absolute Gasteiger partial charge is 0.488 e. The van der Waals surface area contributed by atoms with E-state index in [1.54, 1.807) is 0 Å². The van der Waals surface area contributed by atoms with Crippen LogP contribution in [0.3, 0.4) is 0 Å². The van der Waals surface area contributed by atoms with E-state index in [9.17, 15) is 0 Å². The number of para-hydroxylation sites is 1. The summed E-state index contributed by atoms with van der Waals surface area (Å²) in [6.07, 6.45) is 2.46. The molecular weight excluding hydrogens is 282 g/mol. The number of fused-ring (bicyclic) bond motifs is 1. The van der Waals surface area contributed by atoms with Crippen LogP contribution in [0.15, 0.2) is 42.5 Å². The summed E-state index contributed by atoms with van der Waals surface area (Å²) in [6.45, 7) is 3.06. The van der Waals surface area contributed by atoms with Gasteiger partial charge in [0.05, 0.1) is 0 Å². The number of hydrogen-bond donors (Lipinski definition) is 1. The van der Waals surface area contributed by atoms with Gasteiger partial charge in [-0.2, -0.15) is 0 Å². The first-order valence-electron chi connectivity index (χ1n) is 7.28. The zero-order chi connectivity index (χ0) is 13.9. The van der Waals surface area contributed by atoms with Crippen LogP contribution in [0.4, 0.5) is 0 Å². The molecule has 1 heterocycles. The van der Waals surface area contributed by atoms with E-state index in [1.807, 2.05) is 7.05 Å². The van der Waals surface area contributed by atoms with Gasteiger partial charge in [0, 0.05) is 12.1 Å². The lowest BCUT2D eigenvalue weighted by Gasteiger charge is -2.28. The molecule has 1 aliphatic rings. The number of benzene rings is 2. The van der Waals surface area contributed by atoms with Gasteiger partial charge in [0.1, 0.15) is 11.9 Å². The Labute approximate surface area is 132 Å². The summed E-state index contributed by atoms with van der Waals surface area (Å²) >= 11 is 0. The van der Waals surface area contributed by atoms with E-state index < -0.39 is 0 Å². The third-order valence-electron chi connectivity index (χ3n) is 3.98. The smallest absolute Gasteiger partial charge is 0.130 e. The minimum Gasteiger partial charge on any atom is -0.488 e. The minimum atomic E-state index is 0. The van der Waals surface area contributed by atoms with Crippen molar-refractivity contribution in [2.75, 3.05) is 13.6 Å². The molecular formula is C18H22ClNO. The highest BCUT2D eigenvalue weighted by atomic mass is 35.5. The zero-order valence-electron chi connectivity index (χ0n) is 12.6. The lowest BCUT2D eigenvalue weighted by molar-refractivity contribution is 0.174. The van der Waals surface area contributed by atoms with E-state index in [0.29, 0.717) is 0 Å². The molecule has 1 aliphatic heterocycles. The van der Waals surface area contributed by atoms with Crippen LogP contribution in [0.2, 0.25) is 0 Å². The third kappa shape index (κ3) is 3.22. The standard InChI is InChI=1S/C18H21NO.ClH/c1-13-6-3-4-8-16(13)17-9-5-7-14-10-11-15(12-19-2)20-18(14)17;/h3-9,15,19H,10-12H2,1-2H3;1H/t15-;/m1./s1. The van der Waals surface area contributed by atoms with E-state index in [-0.39, 0.29) is 18.5 Å². The number of nitrogens with one attached hydrogen (secondary N) is 1. The summed E-state index contributed by atoms with van der Waals surface area (Å²) < 4.78 is 6.25. The second kappa shape index (κ2) is 6.97. The van der Waals surface area contributed by atoms with Gasteiger partial charge in [-0.15, -0.1) is 12.4 Å². The average molecular weight is 304 g/mol. The summed E-state index contributed by atoms with van der Waals surface area (Å²) in [7, 11) is 1.98. The second-order valence-corrected chi connectivity index (χ2v) is 5.44. The number of hydrogen-bond acceptors (Lipinski definition) is 2. The van der Waals surface area contributed by atoms with Gasteiger partial charge < -0.3 is 10.1 Å². The highest BCUT2D eigenvalue weighted by Gasteiger charge is 2.22. The highest BCUT2D eigenvalue weighted by Crippen LogP contribution is 2.38. The minimum absolute atomic E-state index is 0. The Balaban J connectivity index is 0.00000161. The Kier molecular flexibility index (Phi) is 5.27. The van der Waals surface area contributed by atoms with Crippen LogP contribution in [0.1, 0.15) is 17.5 Å². The molecule has 2 aromatic rings. The topological polar surface area (TPSA) is 21.3 Å². The van der Waals surface area contributed by atoms with Gasteiger partial charge in [-0.3, -0.25) is 0 Å². The summed E-state index contributed by atoms with van der Waals surface area (Å²) in [5.41, 5.74) is 5.12. The Morgan fingerprint density at radius 1 is 1.10 bits per heavy atom. The lowest BCUT2D eigenvalue weighted by Crippen LogP contribution is -2.32. The first-order valence-corrected chi connectivity index (χ1v) is 7.28. The Morgan fingerprint density at radius 2 is 1.86 bits per heavy atom. The second-order valence-electron chi connectivity index (χ2n) is 5.44. The van der Waals surface area contributed by atoms with Gasteiger partial charge in [-0.1, -0.05) is 42.5 Å². The van der Waals surface area contributed by atoms with Crippen LogP contribution in [-0.4, -0.2) is 19.7 Å². The molecule has 1 atom stereocenters. The van der Waals surface area contributed by atoms with Crippen molar-refractivity contribution in [2.24, 2.45) is 0 Å². The molecule has 0 radical (unpaired) electrons. The molecule has 0 saturated heterocycles. The lowest BCUT2D eigenvalue weighted by atomic mass is 9.93. The van der Waals surface area contributed by atoms with Gasteiger partial charge in [0.2, 0.25) is 0 Å². The van der Waals surface area contributed by atoms with Crippen molar-refractivity contribution in [3.05, 3.63) is 53.6 Å². The van der Waals surface area contributed by atoms with Crippen molar-refractivity contribution in [1.82, 2.24) is 5.32 Å². The molecule has 0 aromatic heterocycles. The summed E-state index contributed by atoms with van der Waals surface area (Å²) in [6, 6.07) is 15.0. The quantitative estimate of drug-likeness (QED) is 0.925. The molecule has 0 saturated carbocycles. The molecule has 2 aromatic carbocycles. The number of halogens is 1. The SMILES string of the molecule is CNC[C@H]1CCc2cccc(-c3ccccc3C)c2O1.Cl. The summed E-state index contributed by atoms with van der Waals surface area (Å²) in [5, 5.41) is 3.21. The number of ether oxygens (including phenoxy) is 1. The molecule has 21 heavy (non-hydrogen) atoms. The number of rotatable bonds is 3. The Hall–Kier alpha value is -1.51. The molecule has 0 unspecified atom stereocenters. The van der Waals surface area contributed by atoms with Gasteiger partial charge in [-0.05, 0) is 43.5 Å². The Bertz CT molecular complexity index is 612. The monoisotopic (exact) mass is 303 g/mol. The van der Waals surface area contributed by atoms with Crippen LogP contribution >= 0.6 is 12.4 Å². The van der Waals surface area contributed by atoms with Gasteiger partial charge in [-0.25, -0.2) is 0 Å². The van der Waals surface area contributed by atoms with E-state index in [4.69, 9.17) is 4.74 Å². The van der Waals surface area contributed by atoms with Crippen molar-refractivity contribution in [3.8, 4) is 16.9 Å². The molecule has 3 rings (SSSR count). The van der Waals surface area contributed by atoms with Crippen molar-refractivity contribution >= 4 is 12.4 Å². The Morgan fingerprint density at radius 3 is 2.62 bits per heavy atom. The van der Waals surface area contributed by atoms with E-state index in [2.05, 4.69) is 54.7 Å². The molecule has 0 bridgehead atoms. The third-order valence-corrected chi connectivity index (χ3v) is 3.98. The van der Waals surface area contributed by atoms with Crippen LogP contribution < -0.4 is 10.1 Å². The molecule has 1 N–H and O–H groups in total. The first kappa shape index (κ1) is 15.9. The molecule has 0 amide bonds. The summed E-state index contributed by atoms with van der Waals surface area (Å²) in [4.78, 5) is 0. The molecule has 2 nitrogen and oxygen atoms in total. The van der Waals surface area contributed by atoms with Gasteiger partial charge >= 0.3 is 0 Å². The maximum absolute atomic E-state index is 6.25. The normalized spacial score (nSPS) is 16.6.